The van der Waals surface area contributed by atoms with E-state index >= 15 is 0 Å². The minimum absolute atomic E-state index is 0.397. The van der Waals surface area contributed by atoms with Gasteiger partial charge in [-0.05, 0) is 45.0 Å². The van der Waals surface area contributed by atoms with Crippen LogP contribution in [-0.4, -0.2) is 17.6 Å². The van der Waals surface area contributed by atoms with Crippen molar-refractivity contribution in [2.45, 2.75) is 33.2 Å². The number of hydrogen-bond donors (Lipinski definition) is 1. The Hall–Kier alpha value is -1.67. The first-order chi connectivity index (χ1) is 9.20. The first-order valence-corrected chi connectivity index (χ1v) is 6.98. The van der Waals surface area contributed by atoms with E-state index in [-0.39, 0.29) is 0 Å². The molecule has 2 nitrogen and oxygen atoms in total. The van der Waals surface area contributed by atoms with E-state index in [1.54, 1.807) is 0 Å². The fourth-order valence-electron chi connectivity index (χ4n) is 2.04. The molecule has 1 N–H and O–H groups in total. The average molecular weight is 254 g/mol. The second-order valence-electron chi connectivity index (χ2n) is 4.99. The number of pyridine rings is 1. The number of hydrogen-bond acceptors (Lipinski definition) is 2. The molecule has 19 heavy (non-hydrogen) atoms. The average Bonchev–Trinajstić information content (AvgIpc) is 2.44. The second kappa shape index (κ2) is 6.48. The van der Waals surface area contributed by atoms with Gasteiger partial charge in [0.15, 0.2) is 0 Å². The molecule has 1 aromatic heterocycles. The maximum absolute atomic E-state index is 4.67. The smallest absolute Gasteiger partial charge is 0.0709 e. The van der Waals surface area contributed by atoms with Crippen molar-refractivity contribution in [2.75, 3.05) is 6.54 Å². The van der Waals surface area contributed by atoms with Gasteiger partial charge in [0, 0.05) is 11.4 Å². The maximum Gasteiger partial charge on any atom is 0.0709 e. The van der Waals surface area contributed by atoms with Gasteiger partial charge in [0.25, 0.3) is 0 Å². The maximum atomic E-state index is 4.67. The molecule has 0 bridgehead atoms. The van der Waals surface area contributed by atoms with Gasteiger partial charge in [-0.1, -0.05) is 36.8 Å². The summed E-state index contributed by atoms with van der Waals surface area (Å²) in [6.45, 7) is 7.59. The Morgan fingerprint density at radius 2 is 2.05 bits per heavy atom. The standard InChI is InChI=1S/C17H22N2/c1-4-11-18-14(3)13(2)12-16-10-9-15-7-5-6-8-17(15)19-16/h5-10,12,14,18H,4,11H2,1-3H3/b13-12+. The Labute approximate surface area is 115 Å². The van der Waals surface area contributed by atoms with Gasteiger partial charge in [-0.25, -0.2) is 4.98 Å². The molecular weight excluding hydrogens is 232 g/mol. The zero-order chi connectivity index (χ0) is 13.7. The lowest BCUT2D eigenvalue weighted by molar-refractivity contribution is 0.604. The molecule has 0 aliphatic rings. The van der Waals surface area contributed by atoms with Crippen molar-refractivity contribution in [3.05, 3.63) is 47.7 Å². The fraction of sp³-hybridized carbons (Fsp3) is 0.353. The van der Waals surface area contributed by atoms with Crippen molar-refractivity contribution in [3.8, 4) is 0 Å². The number of nitrogens with one attached hydrogen (secondary N) is 1. The molecule has 2 rings (SSSR count). The number of benzene rings is 1. The van der Waals surface area contributed by atoms with Crippen LogP contribution in [0.5, 0.6) is 0 Å². The van der Waals surface area contributed by atoms with Crippen LogP contribution in [0.1, 0.15) is 32.9 Å². The Bertz CT molecular complexity index is 572. The van der Waals surface area contributed by atoms with Crippen molar-refractivity contribution < 1.29 is 0 Å². The van der Waals surface area contributed by atoms with Crippen LogP contribution in [0.3, 0.4) is 0 Å². The highest BCUT2D eigenvalue weighted by Gasteiger charge is 2.03. The monoisotopic (exact) mass is 254 g/mol. The fourth-order valence-corrected chi connectivity index (χ4v) is 2.04. The number of para-hydroxylation sites is 1. The van der Waals surface area contributed by atoms with E-state index in [0.29, 0.717) is 6.04 Å². The van der Waals surface area contributed by atoms with Crippen LogP contribution in [0, 0.1) is 0 Å². The molecule has 0 aliphatic carbocycles. The summed E-state index contributed by atoms with van der Waals surface area (Å²) in [6.07, 6.45) is 3.33. The highest BCUT2D eigenvalue weighted by Crippen LogP contribution is 2.14. The third kappa shape index (κ3) is 3.65. The van der Waals surface area contributed by atoms with Crippen LogP contribution < -0.4 is 5.32 Å². The van der Waals surface area contributed by atoms with Crippen molar-refractivity contribution in [3.63, 3.8) is 0 Å². The van der Waals surface area contributed by atoms with Crippen molar-refractivity contribution in [1.29, 1.82) is 0 Å². The number of aromatic nitrogens is 1. The molecule has 1 unspecified atom stereocenters. The normalized spacial score (nSPS) is 13.7. The predicted octanol–water partition coefficient (Wildman–Crippen LogP) is 4.03. The largest absolute Gasteiger partial charge is 0.311 e. The van der Waals surface area contributed by atoms with E-state index in [4.69, 9.17) is 0 Å². The highest BCUT2D eigenvalue weighted by atomic mass is 14.9. The van der Waals surface area contributed by atoms with Crippen molar-refractivity contribution >= 4 is 17.0 Å². The molecule has 0 amide bonds. The predicted molar refractivity (Wildman–Crippen MR) is 83.1 cm³/mol. The Morgan fingerprint density at radius 1 is 1.26 bits per heavy atom. The van der Waals surface area contributed by atoms with Crippen LogP contribution in [0.2, 0.25) is 0 Å². The zero-order valence-corrected chi connectivity index (χ0v) is 12.0. The number of fused-ring (bicyclic) bond motifs is 1. The van der Waals surface area contributed by atoms with Crippen LogP contribution in [0.4, 0.5) is 0 Å². The molecule has 1 heterocycles. The SMILES string of the molecule is CCCNC(C)/C(C)=C/c1ccc2ccccc2n1. The molecule has 2 aromatic rings. The van der Waals surface area contributed by atoms with E-state index < -0.39 is 0 Å². The van der Waals surface area contributed by atoms with Gasteiger partial charge in [-0.3, -0.25) is 0 Å². The van der Waals surface area contributed by atoms with Crippen molar-refractivity contribution in [1.82, 2.24) is 10.3 Å². The summed E-state index contributed by atoms with van der Waals surface area (Å²) < 4.78 is 0. The Kier molecular flexibility index (Phi) is 4.69. The molecule has 100 valence electrons. The first kappa shape index (κ1) is 13.8. The summed E-state index contributed by atoms with van der Waals surface area (Å²) in [4.78, 5) is 4.67. The lowest BCUT2D eigenvalue weighted by atomic mass is 10.1. The molecule has 0 saturated carbocycles. The van der Waals surface area contributed by atoms with Gasteiger partial charge in [0.05, 0.1) is 11.2 Å². The highest BCUT2D eigenvalue weighted by molar-refractivity contribution is 5.79. The van der Waals surface area contributed by atoms with Crippen LogP contribution in [0.15, 0.2) is 42.0 Å². The molecule has 0 radical (unpaired) electrons. The first-order valence-electron chi connectivity index (χ1n) is 6.98. The van der Waals surface area contributed by atoms with Crippen molar-refractivity contribution in [2.24, 2.45) is 0 Å². The summed E-state index contributed by atoms with van der Waals surface area (Å²) in [5.74, 6) is 0. The lowest BCUT2D eigenvalue weighted by Crippen LogP contribution is -2.27. The van der Waals surface area contributed by atoms with Crippen LogP contribution >= 0.6 is 0 Å². The molecule has 0 aliphatic heterocycles. The minimum atomic E-state index is 0.397. The topological polar surface area (TPSA) is 24.9 Å². The molecule has 0 spiro atoms. The molecule has 0 saturated heterocycles. The molecule has 1 atom stereocenters. The van der Waals surface area contributed by atoms with Crippen LogP contribution in [-0.2, 0) is 0 Å². The number of rotatable bonds is 5. The summed E-state index contributed by atoms with van der Waals surface area (Å²) in [5, 5.41) is 4.68. The zero-order valence-electron chi connectivity index (χ0n) is 12.0. The Morgan fingerprint density at radius 3 is 2.84 bits per heavy atom. The summed E-state index contributed by atoms with van der Waals surface area (Å²) in [6, 6.07) is 12.8. The van der Waals surface area contributed by atoms with Gasteiger partial charge >= 0.3 is 0 Å². The van der Waals surface area contributed by atoms with E-state index in [9.17, 15) is 0 Å². The van der Waals surface area contributed by atoms with Gasteiger partial charge in [-0.15, -0.1) is 0 Å². The third-order valence-electron chi connectivity index (χ3n) is 3.38. The second-order valence-corrected chi connectivity index (χ2v) is 4.99. The molecule has 0 fully saturated rings. The van der Waals surface area contributed by atoms with Gasteiger partial charge in [-0.2, -0.15) is 0 Å². The van der Waals surface area contributed by atoms with Gasteiger partial charge in [0.1, 0.15) is 0 Å². The van der Waals surface area contributed by atoms with Gasteiger partial charge in [0.2, 0.25) is 0 Å². The molecule has 1 aromatic carbocycles. The van der Waals surface area contributed by atoms with E-state index in [0.717, 1.165) is 24.2 Å². The number of nitrogens with zero attached hydrogens (tertiary/aromatic N) is 1. The van der Waals surface area contributed by atoms with Gasteiger partial charge < -0.3 is 5.32 Å². The summed E-state index contributed by atoms with van der Waals surface area (Å²) >= 11 is 0. The van der Waals surface area contributed by atoms with E-state index in [1.807, 2.05) is 12.1 Å². The summed E-state index contributed by atoms with van der Waals surface area (Å²) in [7, 11) is 0. The van der Waals surface area contributed by atoms with E-state index in [2.05, 4.69) is 61.4 Å². The Balaban J connectivity index is 2.19. The summed E-state index contributed by atoms with van der Waals surface area (Å²) in [5.41, 5.74) is 3.40. The molecule has 2 heteroatoms. The lowest BCUT2D eigenvalue weighted by Gasteiger charge is -2.13. The third-order valence-corrected chi connectivity index (χ3v) is 3.38. The van der Waals surface area contributed by atoms with Crippen LogP contribution in [0.25, 0.3) is 17.0 Å². The quantitative estimate of drug-likeness (QED) is 0.871. The minimum Gasteiger partial charge on any atom is -0.311 e. The van der Waals surface area contributed by atoms with E-state index in [1.165, 1.54) is 11.0 Å². The molecular formula is C17H22N2.